The van der Waals surface area contributed by atoms with Gasteiger partial charge >= 0.3 is 0 Å². The van der Waals surface area contributed by atoms with E-state index in [0.29, 0.717) is 11.6 Å². The third-order valence-corrected chi connectivity index (χ3v) is 10.1. The van der Waals surface area contributed by atoms with Gasteiger partial charge in [-0.15, -0.1) is 0 Å². The van der Waals surface area contributed by atoms with E-state index in [1.165, 1.54) is 4.31 Å². The van der Waals surface area contributed by atoms with E-state index in [1.54, 1.807) is 0 Å². The molecule has 3 fully saturated rings. The van der Waals surface area contributed by atoms with Crippen LogP contribution in [-0.2, 0) is 14.8 Å². The van der Waals surface area contributed by atoms with Gasteiger partial charge in [0.2, 0.25) is 10.0 Å². The summed E-state index contributed by atoms with van der Waals surface area (Å²) in [6.45, 7) is 4.21. The van der Waals surface area contributed by atoms with Gasteiger partial charge in [-0.3, -0.25) is 9.79 Å². The second kappa shape index (κ2) is 7.02. The van der Waals surface area contributed by atoms with Crippen LogP contribution in [0.3, 0.4) is 0 Å². The Morgan fingerprint density at radius 3 is 2.19 bits per heavy atom. The molecule has 0 unspecified atom stereocenters. The maximum Gasteiger partial charge on any atom is 0.257 e. The molecule has 31 heavy (non-hydrogen) atoms. The molecule has 1 aliphatic heterocycles. The fraction of sp³-hybridized carbons (Fsp3) is 0.440. The Morgan fingerprint density at radius 2 is 1.65 bits per heavy atom. The fourth-order valence-corrected chi connectivity index (χ4v) is 8.92. The van der Waals surface area contributed by atoms with Gasteiger partial charge in [0.1, 0.15) is 6.54 Å². The molecule has 3 aliphatic rings. The van der Waals surface area contributed by atoms with Crippen LogP contribution in [0.5, 0.6) is 0 Å². The first-order valence-corrected chi connectivity index (χ1v) is 12.6. The van der Waals surface area contributed by atoms with Crippen LogP contribution >= 0.6 is 0 Å². The summed E-state index contributed by atoms with van der Waals surface area (Å²) in [6.07, 6.45) is 2.73. The summed E-state index contributed by atoms with van der Waals surface area (Å²) in [5, 5.41) is 0. The zero-order chi connectivity index (χ0) is 21.9. The summed E-state index contributed by atoms with van der Waals surface area (Å²) in [5.74, 6) is 0.166. The van der Waals surface area contributed by atoms with Gasteiger partial charge in [-0.2, -0.15) is 0 Å². The van der Waals surface area contributed by atoms with Gasteiger partial charge in [0, 0.05) is 16.5 Å². The largest absolute Gasteiger partial charge is 0.274 e. The number of sulfonamides is 1. The Bertz CT molecular complexity index is 1100. The van der Waals surface area contributed by atoms with Crippen LogP contribution in [0.4, 0.5) is 0 Å². The number of fused-ring (bicyclic) bond motifs is 1. The zero-order valence-corrected chi connectivity index (χ0v) is 18.8. The van der Waals surface area contributed by atoms with Gasteiger partial charge in [0.15, 0.2) is 0 Å². The maximum atomic E-state index is 13.3. The van der Waals surface area contributed by atoms with Crippen molar-refractivity contribution >= 4 is 21.6 Å². The lowest BCUT2D eigenvalue weighted by Crippen LogP contribution is -2.45. The minimum atomic E-state index is -3.62. The number of carbonyl (C=O) groups excluding carboxylic acids is 1. The van der Waals surface area contributed by atoms with Crippen LogP contribution < -0.4 is 0 Å². The molecule has 2 saturated carbocycles. The molecular formula is C25H28N2O3S. The molecule has 2 aromatic rings. The summed E-state index contributed by atoms with van der Waals surface area (Å²) < 4.78 is 27.5. The molecule has 0 radical (unpaired) electrons. The van der Waals surface area contributed by atoms with E-state index in [0.717, 1.165) is 30.4 Å². The predicted molar refractivity (Wildman–Crippen MR) is 121 cm³/mol. The molecular weight excluding hydrogens is 412 g/mol. The maximum absolute atomic E-state index is 13.3. The lowest BCUT2D eigenvalue weighted by atomic mass is 9.69. The number of rotatable bonds is 4. The second-order valence-corrected chi connectivity index (χ2v) is 11.6. The molecule has 1 heterocycles. The number of hydrogen-bond acceptors (Lipinski definition) is 4. The van der Waals surface area contributed by atoms with Crippen molar-refractivity contribution in [1.82, 2.24) is 4.31 Å². The average molecular weight is 441 g/mol. The Hall–Kier alpha value is -2.47. The van der Waals surface area contributed by atoms with Gasteiger partial charge in [0.05, 0.1) is 17.5 Å². The molecule has 1 amide bonds. The number of carbonyl (C=O) groups is 1. The summed E-state index contributed by atoms with van der Waals surface area (Å²) in [6, 6.07) is 19.2. The highest BCUT2D eigenvalue weighted by molar-refractivity contribution is 7.90. The van der Waals surface area contributed by atoms with Crippen LogP contribution in [0.25, 0.3) is 0 Å². The van der Waals surface area contributed by atoms with Crippen molar-refractivity contribution in [3.8, 4) is 0 Å². The van der Waals surface area contributed by atoms with Crippen molar-refractivity contribution in [1.29, 1.82) is 0 Å². The molecule has 1 spiro atoms. The molecule has 6 heteroatoms. The van der Waals surface area contributed by atoms with E-state index >= 15 is 0 Å². The van der Waals surface area contributed by atoms with Crippen molar-refractivity contribution in [3.05, 3.63) is 71.8 Å². The van der Waals surface area contributed by atoms with E-state index < -0.39 is 15.9 Å². The Kier molecular flexibility index (Phi) is 4.63. The summed E-state index contributed by atoms with van der Waals surface area (Å²) in [4.78, 5) is 17.9. The minimum absolute atomic E-state index is 0.0533. The molecule has 162 valence electrons. The van der Waals surface area contributed by atoms with Crippen molar-refractivity contribution < 1.29 is 13.2 Å². The zero-order valence-electron chi connectivity index (χ0n) is 18.0. The molecule has 5 rings (SSSR count). The quantitative estimate of drug-likeness (QED) is 0.678. The van der Waals surface area contributed by atoms with Crippen molar-refractivity contribution in [2.24, 2.45) is 21.7 Å². The van der Waals surface area contributed by atoms with Gasteiger partial charge in [0.25, 0.3) is 5.91 Å². The average Bonchev–Trinajstić information content (AvgIpc) is 3.23. The number of aliphatic imine (C=N–C) groups is 1. The third-order valence-electron chi connectivity index (χ3n) is 8.12. The van der Waals surface area contributed by atoms with E-state index in [-0.39, 0.29) is 29.2 Å². The molecule has 0 aromatic heterocycles. The van der Waals surface area contributed by atoms with Gasteiger partial charge in [-0.05, 0) is 30.6 Å². The van der Waals surface area contributed by atoms with E-state index in [4.69, 9.17) is 0 Å². The van der Waals surface area contributed by atoms with Crippen LogP contribution in [-0.4, -0.2) is 42.7 Å². The van der Waals surface area contributed by atoms with Crippen LogP contribution in [0.1, 0.15) is 44.2 Å². The lowest BCUT2D eigenvalue weighted by molar-refractivity contribution is -0.127. The van der Waals surface area contributed by atoms with Crippen LogP contribution in [0, 0.1) is 16.7 Å². The van der Waals surface area contributed by atoms with Crippen molar-refractivity contribution in [3.63, 3.8) is 0 Å². The summed E-state index contributed by atoms with van der Waals surface area (Å²) in [5.41, 5.74) is 2.15. The van der Waals surface area contributed by atoms with Crippen molar-refractivity contribution in [2.45, 2.75) is 39.2 Å². The van der Waals surface area contributed by atoms with Crippen molar-refractivity contribution in [2.75, 3.05) is 12.3 Å². The summed E-state index contributed by atoms with van der Waals surface area (Å²) >= 11 is 0. The van der Waals surface area contributed by atoms with Gasteiger partial charge in [-0.1, -0.05) is 74.5 Å². The van der Waals surface area contributed by atoms with E-state index in [2.05, 4.69) is 18.8 Å². The minimum Gasteiger partial charge on any atom is -0.274 e. The molecule has 3 atom stereocenters. The highest BCUT2D eigenvalue weighted by atomic mass is 32.2. The normalized spacial score (nSPS) is 29.5. The summed E-state index contributed by atoms with van der Waals surface area (Å²) in [7, 11) is -3.62. The first kappa shape index (κ1) is 20.4. The van der Waals surface area contributed by atoms with E-state index in [1.807, 2.05) is 60.7 Å². The van der Waals surface area contributed by atoms with Gasteiger partial charge in [-0.25, -0.2) is 12.7 Å². The fourth-order valence-electron chi connectivity index (χ4n) is 6.37. The number of amides is 1. The molecule has 2 aromatic carbocycles. The highest BCUT2D eigenvalue weighted by Gasteiger charge is 2.72. The Labute approximate surface area is 184 Å². The highest BCUT2D eigenvalue weighted by Crippen LogP contribution is 2.69. The first-order chi connectivity index (χ1) is 14.8. The third kappa shape index (κ3) is 2.99. The predicted octanol–water partition coefficient (Wildman–Crippen LogP) is 3.89. The lowest BCUT2D eigenvalue weighted by Gasteiger charge is -2.37. The molecule has 5 nitrogen and oxygen atoms in total. The van der Waals surface area contributed by atoms with Gasteiger partial charge < -0.3 is 0 Å². The first-order valence-electron chi connectivity index (χ1n) is 11.0. The molecule has 1 saturated heterocycles. The monoisotopic (exact) mass is 440 g/mol. The number of nitrogens with zero attached hydrogens (tertiary/aromatic N) is 2. The standard InChI is InChI=1S/C25H28N2O3S/c1-24(2)20-13-14-25(24)17-31(29,30)27(21(25)15-20)22(28)16-26-23(18-9-5-3-6-10-18)19-11-7-4-8-12-19/h3-12,20-21H,13-17H2,1-2H3/t20-,21-,25-/m1/s1/i16+2,22+2. The van der Waals surface area contributed by atoms with E-state index in [9.17, 15) is 13.2 Å². The SMILES string of the molecule is CC1(C)[C@@H]2CC[C@]13CS(=O)(=O)N([14C](=O)[14CH2]N=C(c1ccccc1)c1ccccc1)[C@@H]3C2. The Balaban J connectivity index is 1.47. The van der Waals surface area contributed by atoms with Crippen LogP contribution in [0.15, 0.2) is 65.7 Å². The van der Waals surface area contributed by atoms with Crippen LogP contribution in [0.2, 0.25) is 0 Å². The number of benzene rings is 2. The topological polar surface area (TPSA) is 66.8 Å². The smallest absolute Gasteiger partial charge is 0.257 e. The number of hydrogen-bond donors (Lipinski definition) is 0. The Morgan fingerprint density at radius 1 is 1.06 bits per heavy atom. The molecule has 0 N–H and O–H groups in total. The second-order valence-electron chi connectivity index (χ2n) is 9.71. The molecule has 2 aliphatic carbocycles. The molecule has 2 bridgehead atoms.